The Balaban J connectivity index is 1.73. The molecule has 0 saturated carbocycles. The van der Waals surface area contributed by atoms with Crippen molar-refractivity contribution in [3.05, 3.63) is 90.0 Å². The van der Waals surface area contributed by atoms with Crippen LogP contribution in [0.3, 0.4) is 0 Å². The van der Waals surface area contributed by atoms with Gasteiger partial charge in [-0.25, -0.2) is 0 Å². The third-order valence-electron chi connectivity index (χ3n) is 4.55. The third-order valence-corrected chi connectivity index (χ3v) is 4.55. The molecule has 0 fully saturated rings. The third kappa shape index (κ3) is 5.51. The molecule has 150 valence electrons. The monoisotopic (exact) mass is 392 g/mol. The molecule has 0 aliphatic carbocycles. The van der Waals surface area contributed by atoms with Crippen LogP contribution in [0.1, 0.15) is 17.0 Å². The highest BCUT2D eigenvalue weighted by Gasteiger charge is 2.23. The van der Waals surface area contributed by atoms with Crippen molar-refractivity contribution in [2.24, 2.45) is 0 Å². The SMILES string of the molecule is COc1cccc(CC(C(=O)O)c2ccccc2)c1OCCOc1ccccc1. The van der Waals surface area contributed by atoms with E-state index in [2.05, 4.69) is 0 Å². The summed E-state index contributed by atoms with van der Waals surface area (Å²) in [5.41, 5.74) is 1.53. The van der Waals surface area contributed by atoms with Gasteiger partial charge in [-0.05, 0) is 35.7 Å². The summed E-state index contributed by atoms with van der Waals surface area (Å²) in [5, 5.41) is 9.75. The second-order valence-corrected chi connectivity index (χ2v) is 6.46. The lowest BCUT2D eigenvalue weighted by molar-refractivity contribution is -0.138. The molecule has 5 nitrogen and oxygen atoms in total. The van der Waals surface area contributed by atoms with Crippen molar-refractivity contribution in [1.82, 2.24) is 0 Å². The first-order valence-electron chi connectivity index (χ1n) is 9.43. The van der Waals surface area contributed by atoms with Gasteiger partial charge in [0.25, 0.3) is 0 Å². The Morgan fingerprint density at radius 3 is 2.17 bits per heavy atom. The molecule has 3 rings (SSSR count). The standard InChI is InChI=1S/C24H24O5/c1-27-22-14-8-11-19(17-21(24(25)26)18-9-4-2-5-10-18)23(22)29-16-15-28-20-12-6-3-7-13-20/h2-14,21H,15-17H2,1H3,(H,25,26). The molecule has 0 aromatic heterocycles. The average Bonchev–Trinajstić information content (AvgIpc) is 2.76. The first-order valence-corrected chi connectivity index (χ1v) is 9.43. The van der Waals surface area contributed by atoms with Crippen molar-refractivity contribution in [2.75, 3.05) is 20.3 Å². The fraction of sp³-hybridized carbons (Fsp3) is 0.208. The minimum atomic E-state index is -0.877. The molecule has 1 unspecified atom stereocenters. The van der Waals surface area contributed by atoms with Crippen molar-refractivity contribution in [1.29, 1.82) is 0 Å². The lowest BCUT2D eigenvalue weighted by Crippen LogP contribution is -2.16. The van der Waals surface area contributed by atoms with E-state index in [-0.39, 0.29) is 0 Å². The molecule has 5 heteroatoms. The van der Waals surface area contributed by atoms with E-state index in [1.165, 1.54) is 0 Å². The van der Waals surface area contributed by atoms with Crippen molar-refractivity contribution >= 4 is 5.97 Å². The number of carboxylic acids is 1. The van der Waals surface area contributed by atoms with Crippen LogP contribution in [-0.2, 0) is 11.2 Å². The second kappa shape index (κ2) is 10.2. The summed E-state index contributed by atoms with van der Waals surface area (Å²) in [4.78, 5) is 11.9. The minimum Gasteiger partial charge on any atom is -0.493 e. The zero-order chi connectivity index (χ0) is 20.5. The highest BCUT2D eigenvalue weighted by atomic mass is 16.5. The first-order chi connectivity index (χ1) is 14.2. The normalized spacial score (nSPS) is 11.5. The number of hydrogen-bond donors (Lipinski definition) is 1. The highest BCUT2D eigenvalue weighted by Crippen LogP contribution is 2.34. The molecule has 3 aromatic rings. The molecule has 0 heterocycles. The van der Waals surface area contributed by atoms with Gasteiger partial charge in [-0.2, -0.15) is 0 Å². The summed E-state index contributed by atoms with van der Waals surface area (Å²) in [6.07, 6.45) is 0.297. The maximum absolute atomic E-state index is 11.9. The van der Waals surface area contributed by atoms with Crippen LogP contribution in [0.15, 0.2) is 78.9 Å². The summed E-state index contributed by atoms with van der Waals surface area (Å²) in [7, 11) is 1.57. The Labute approximate surface area is 170 Å². The summed E-state index contributed by atoms with van der Waals surface area (Å²) in [6, 6.07) is 24.2. The molecule has 0 radical (unpaired) electrons. The van der Waals surface area contributed by atoms with Gasteiger partial charge in [0.1, 0.15) is 19.0 Å². The smallest absolute Gasteiger partial charge is 0.311 e. The number of hydrogen-bond acceptors (Lipinski definition) is 4. The number of methoxy groups -OCH3 is 1. The van der Waals surface area contributed by atoms with Crippen LogP contribution < -0.4 is 14.2 Å². The number of carboxylic acid groups (broad SMARTS) is 1. The lowest BCUT2D eigenvalue weighted by atomic mass is 9.91. The number of carbonyl (C=O) groups is 1. The van der Waals surface area contributed by atoms with Crippen LogP contribution in [0.4, 0.5) is 0 Å². The van der Waals surface area contributed by atoms with Crippen LogP contribution >= 0.6 is 0 Å². The van der Waals surface area contributed by atoms with Gasteiger partial charge in [0, 0.05) is 0 Å². The highest BCUT2D eigenvalue weighted by molar-refractivity contribution is 5.76. The Hall–Kier alpha value is -3.47. The first kappa shape index (κ1) is 20.3. The predicted octanol–water partition coefficient (Wildman–Crippen LogP) is 4.56. The van der Waals surface area contributed by atoms with E-state index >= 15 is 0 Å². The Morgan fingerprint density at radius 2 is 1.52 bits per heavy atom. The number of aliphatic carboxylic acids is 1. The van der Waals surface area contributed by atoms with Gasteiger partial charge < -0.3 is 19.3 Å². The van der Waals surface area contributed by atoms with Crippen LogP contribution in [-0.4, -0.2) is 31.4 Å². The zero-order valence-corrected chi connectivity index (χ0v) is 16.3. The van der Waals surface area contributed by atoms with Crippen LogP contribution in [0, 0.1) is 0 Å². The Kier molecular flexibility index (Phi) is 7.11. The van der Waals surface area contributed by atoms with Crippen LogP contribution in [0.25, 0.3) is 0 Å². The molecular weight excluding hydrogens is 368 g/mol. The van der Waals surface area contributed by atoms with E-state index in [1.807, 2.05) is 72.8 Å². The molecule has 0 aliphatic rings. The van der Waals surface area contributed by atoms with Gasteiger partial charge in [-0.3, -0.25) is 4.79 Å². The van der Waals surface area contributed by atoms with E-state index in [9.17, 15) is 9.90 Å². The molecule has 1 N–H and O–H groups in total. The molecule has 0 bridgehead atoms. The number of ether oxygens (including phenoxy) is 3. The molecule has 0 spiro atoms. The van der Waals surface area contributed by atoms with Gasteiger partial charge in [0.15, 0.2) is 11.5 Å². The number of benzene rings is 3. The van der Waals surface area contributed by atoms with Gasteiger partial charge in [0.2, 0.25) is 0 Å². The fourth-order valence-electron chi connectivity index (χ4n) is 3.12. The van der Waals surface area contributed by atoms with Crippen molar-refractivity contribution in [3.63, 3.8) is 0 Å². The van der Waals surface area contributed by atoms with Gasteiger partial charge in [-0.1, -0.05) is 60.7 Å². The molecule has 3 aromatic carbocycles. The topological polar surface area (TPSA) is 65.0 Å². The number of rotatable bonds is 10. The van der Waals surface area contributed by atoms with Crippen molar-refractivity contribution in [2.45, 2.75) is 12.3 Å². The summed E-state index contributed by atoms with van der Waals surface area (Å²) >= 11 is 0. The summed E-state index contributed by atoms with van der Waals surface area (Å²) in [6.45, 7) is 0.674. The molecule has 0 saturated heterocycles. The summed E-state index contributed by atoms with van der Waals surface area (Å²) < 4.78 is 17.1. The molecule has 0 amide bonds. The van der Waals surface area contributed by atoms with Gasteiger partial charge >= 0.3 is 5.97 Å². The predicted molar refractivity (Wildman–Crippen MR) is 111 cm³/mol. The van der Waals surface area contributed by atoms with E-state index in [0.717, 1.165) is 16.9 Å². The fourth-order valence-corrected chi connectivity index (χ4v) is 3.12. The maximum Gasteiger partial charge on any atom is 0.311 e. The largest absolute Gasteiger partial charge is 0.493 e. The molecule has 29 heavy (non-hydrogen) atoms. The maximum atomic E-state index is 11.9. The Bertz CT molecular complexity index is 909. The molecular formula is C24H24O5. The van der Waals surface area contributed by atoms with Crippen molar-refractivity contribution in [3.8, 4) is 17.2 Å². The van der Waals surface area contributed by atoms with Crippen molar-refractivity contribution < 1.29 is 24.1 Å². The van der Waals surface area contributed by atoms with Gasteiger partial charge in [0.05, 0.1) is 13.0 Å². The van der Waals surface area contributed by atoms with E-state index < -0.39 is 11.9 Å². The molecule has 0 aliphatic heterocycles. The Morgan fingerprint density at radius 1 is 0.862 bits per heavy atom. The summed E-state index contributed by atoms with van der Waals surface area (Å²) in [5.74, 6) is 0.336. The van der Waals surface area contributed by atoms with Crippen LogP contribution in [0.5, 0.6) is 17.2 Å². The van der Waals surface area contributed by atoms with Crippen LogP contribution in [0.2, 0.25) is 0 Å². The lowest BCUT2D eigenvalue weighted by Gasteiger charge is -2.18. The second-order valence-electron chi connectivity index (χ2n) is 6.46. The van der Waals surface area contributed by atoms with Gasteiger partial charge in [-0.15, -0.1) is 0 Å². The number of para-hydroxylation sites is 2. The average molecular weight is 392 g/mol. The van der Waals surface area contributed by atoms with E-state index in [0.29, 0.717) is 31.1 Å². The van der Waals surface area contributed by atoms with E-state index in [1.54, 1.807) is 13.2 Å². The quantitative estimate of drug-likeness (QED) is 0.512. The molecule has 1 atom stereocenters. The minimum absolute atomic E-state index is 0.297. The van der Waals surface area contributed by atoms with E-state index in [4.69, 9.17) is 14.2 Å². The zero-order valence-electron chi connectivity index (χ0n) is 16.3.